The number of nitrogens with one attached hydrogen (secondary N) is 1. The van der Waals surface area contributed by atoms with Crippen molar-refractivity contribution in [3.05, 3.63) is 34.9 Å². The largest absolute Gasteiger partial charge is 0.343 e. The molecule has 0 saturated carbocycles. The molecule has 1 aromatic rings. The second-order valence-corrected chi connectivity index (χ2v) is 4.96. The van der Waals surface area contributed by atoms with Crippen molar-refractivity contribution in [2.45, 2.75) is 26.7 Å². The zero-order valence-corrected chi connectivity index (χ0v) is 12.7. The molecular formula is C15H21ClN2O2. The number of hydrogen-bond donors (Lipinski definition) is 1. The fourth-order valence-corrected chi connectivity index (χ4v) is 2.00. The average Bonchev–Trinajstić information content (AvgIpc) is 2.45. The lowest BCUT2D eigenvalue weighted by Crippen LogP contribution is -2.40. The molecule has 0 saturated heterocycles. The van der Waals surface area contributed by atoms with Gasteiger partial charge >= 0.3 is 0 Å². The van der Waals surface area contributed by atoms with E-state index in [1.807, 2.05) is 6.92 Å². The molecule has 0 aliphatic carbocycles. The quantitative estimate of drug-likeness (QED) is 0.841. The van der Waals surface area contributed by atoms with Gasteiger partial charge in [0.15, 0.2) is 0 Å². The van der Waals surface area contributed by atoms with Gasteiger partial charge in [-0.25, -0.2) is 0 Å². The van der Waals surface area contributed by atoms with E-state index in [0.717, 1.165) is 19.4 Å². The van der Waals surface area contributed by atoms with Crippen molar-refractivity contribution < 1.29 is 9.59 Å². The number of rotatable bonds is 7. The van der Waals surface area contributed by atoms with Crippen LogP contribution in [-0.2, 0) is 4.79 Å². The maximum atomic E-state index is 12.0. The van der Waals surface area contributed by atoms with E-state index in [0.29, 0.717) is 17.1 Å². The number of carbonyl (C=O) groups is 2. The Balaban J connectivity index is 2.49. The van der Waals surface area contributed by atoms with Crippen molar-refractivity contribution in [3.63, 3.8) is 0 Å². The Kier molecular flexibility index (Phi) is 7.09. The second kappa shape index (κ2) is 8.59. The summed E-state index contributed by atoms with van der Waals surface area (Å²) >= 11 is 5.83. The van der Waals surface area contributed by atoms with Gasteiger partial charge in [-0.15, -0.1) is 0 Å². The highest BCUT2D eigenvalue weighted by Crippen LogP contribution is 2.10. The zero-order chi connectivity index (χ0) is 15.0. The predicted octanol–water partition coefficient (Wildman–Crippen LogP) is 2.72. The van der Waals surface area contributed by atoms with Gasteiger partial charge in [0.1, 0.15) is 0 Å². The highest BCUT2D eigenvalue weighted by molar-refractivity contribution is 6.30. The van der Waals surface area contributed by atoms with Crippen molar-refractivity contribution in [1.29, 1.82) is 0 Å². The van der Waals surface area contributed by atoms with Crippen molar-refractivity contribution in [3.8, 4) is 0 Å². The van der Waals surface area contributed by atoms with Crippen molar-refractivity contribution in [2.24, 2.45) is 0 Å². The smallest absolute Gasteiger partial charge is 0.251 e. The molecule has 1 aromatic carbocycles. The van der Waals surface area contributed by atoms with Gasteiger partial charge in [0.05, 0.1) is 6.54 Å². The Labute approximate surface area is 125 Å². The van der Waals surface area contributed by atoms with Gasteiger partial charge < -0.3 is 10.2 Å². The molecule has 0 spiro atoms. The average molecular weight is 297 g/mol. The molecule has 1 N–H and O–H groups in total. The molecule has 0 aliphatic rings. The summed E-state index contributed by atoms with van der Waals surface area (Å²) in [4.78, 5) is 25.6. The van der Waals surface area contributed by atoms with Crippen LogP contribution < -0.4 is 5.32 Å². The number of carbonyl (C=O) groups excluding carboxylic acids is 2. The third kappa shape index (κ3) is 5.21. The maximum Gasteiger partial charge on any atom is 0.251 e. The first-order valence-corrected chi connectivity index (χ1v) is 7.27. The van der Waals surface area contributed by atoms with E-state index < -0.39 is 0 Å². The van der Waals surface area contributed by atoms with Crippen LogP contribution in [0.4, 0.5) is 0 Å². The van der Waals surface area contributed by atoms with Gasteiger partial charge in [0.25, 0.3) is 5.91 Å². The highest BCUT2D eigenvalue weighted by atomic mass is 35.5. The van der Waals surface area contributed by atoms with Gasteiger partial charge in [-0.2, -0.15) is 0 Å². The first-order valence-electron chi connectivity index (χ1n) is 6.90. The van der Waals surface area contributed by atoms with Crippen molar-refractivity contribution in [2.75, 3.05) is 19.6 Å². The lowest BCUT2D eigenvalue weighted by Gasteiger charge is -2.20. The Bertz CT molecular complexity index is 463. The van der Waals surface area contributed by atoms with E-state index in [4.69, 9.17) is 11.6 Å². The standard InChI is InChI=1S/C15H21ClN2O2/c1-3-5-9-18(4-2)14(19)11-17-15(20)12-7-6-8-13(16)10-12/h6-8,10H,3-5,9,11H2,1-2H3,(H,17,20). The normalized spacial score (nSPS) is 10.2. The van der Waals surface area contributed by atoms with E-state index in [1.54, 1.807) is 29.2 Å². The predicted molar refractivity (Wildman–Crippen MR) is 80.9 cm³/mol. The molecule has 2 amide bonds. The van der Waals surface area contributed by atoms with Crippen LogP contribution in [0.15, 0.2) is 24.3 Å². The first-order chi connectivity index (χ1) is 9.58. The Morgan fingerprint density at radius 3 is 2.65 bits per heavy atom. The number of hydrogen-bond acceptors (Lipinski definition) is 2. The first kappa shape index (κ1) is 16.5. The number of amides is 2. The van der Waals surface area contributed by atoms with E-state index in [1.165, 1.54) is 0 Å². The molecule has 0 heterocycles. The van der Waals surface area contributed by atoms with Gasteiger partial charge in [-0.3, -0.25) is 9.59 Å². The summed E-state index contributed by atoms with van der Waals surface area (Å²) in [7, 11) is 0. The van der Waals surface area contributed by atoms with E-state index in [2.05, 4.69) is 12.2 Å². The SMILES string of the molecule is CCCCN(CC)C(=O)CNC(=O)c1cccc(Cl)c1. The molecule has 110 valence electrons. The molecule has 0 fully saturated rings. The van der Waals surface area contributed by atoms with Crippen LogP contribution in [0.2, 0.25) is 5.02 Å². The minimum Gasteiger partial charge on any atom is -0.343 e. The summed E-state index contributed by atoms with van der Waals surface area (Å²) in [5, 5.41) is 3.13. The van der Waals surface area contributed by atoms with E-state index in [9.17, 15) is 9.59 Å². The lowest BCUT2D eigenvalue weighted by molar-refractivity contribution is -0.130. The molecule has 0 atom stereocenters. The fourth-order valence-electron chi connectivity index (χ4n) is 1.81. The lowest BCUT2D eigenvalue weighted by atomic mass is 10.2. The molecule has 0 bridgehead atoms. The summed E-state index contributed by atoms with van der Waals surface area (Å²) in [6.07, 6.45) is 2.01. The summed E-state index contributed by atoms with van der Waals surface area (Å²) in [6, 6.07) is 6.65. The van der Waals surface area contributed by atoms with Crippen LogP contribution in [0.3, 0.4) is 0 Å². The monoisotopic (exact) mass is 296 g/mol. The molecule has 0 aromatic heterocycles. The van der Waals surface area contributed by atoms with Crippen molar-refractivity contribution in [1.82, 2.24) is 10.2 Å². The maximum absolute atomic E-state index is 12.0. The van der Waals surface area contributed by atoms with Gasteiger partial charge in [0.2, 0.25) is 5.91 Å². The highest BCUT2D eigenvalue weighted by Gasteiger charge is 2.13. The second-order valence-electron chi connectivity index (χ2n) is 4.52. The molecule has 0 radical (unpaired) electrons. The summed E-state index contributed by atoms with van der Waals surface area (Å²) in [6.45, 7) is 5.43. The van der Waals surface area contributed by atoms with Crippen LogP contribution in [0, 0.1) is 0 Å². The van der Waals surface area contributed by atoms with Crippen molar-refractivity contribution >= 4 is 23.4 Å². The van der Waals surface area contributed by atoms with Gasteiger partial charge in [0, 0.05) is 23.7 Å². The zero-order valence-electron chi connectivity index (χ0n) is 12.0. The number of benzene rings is 1. The topological polar surface area (TPSA) is 49.4 Å². The van der Waals surface area contributed by atoms with Crippen LogP contribution >= 0.6 is 11.6 Å². The van der Waals surface area contributed by atoms with Crippen LogP contribution in [0.25, 0.3) is 0 Å². The van der Waals surface area contributed by atoms with Crippen LogP contribution in [-0.4, -0.2) is 36.3 Å². The molecule has 20 heavy (non-hydrogen) atoms. The minimum atomic E-state index is -0.285. The van der Waals surface area contributed by atoms with Crippen LogP contribution in [0.5, 0.6) is 0 Å². The Morgan fingerprint density at radius 2 is 2.05 bits per heavy atom. The molecule has 0 unspecified atom stereocenters. The molecule has 0 aliphatic heterocycles. The van der Waals surface area contributed by atoms with Gasteiger partial charge in [-0.1, -0.05) is 31.0 Å². The number of nitrogens with zero attached hydrogens (tertiary/aromatic N) is 1. The third-order valence-electron chi connectivity index (χ3n) is 3.00. The summed E-state index contributed by atoms with van der Waals surface area (Å²) in [5.41, 5.74) is 0.460. The summed E-state index contributed by atoms with van der Waals surface area (Å²) in [5.74, 6) is -0.344. The number of unbranched alkanes of at least 4 members (excludes halogenated alkanes) is 1. The van der Waals surface area contributed by atoms with Gasteiger partial charge in [-0.05, 0) is 31.5 Å². The molecule has 5 heteroatoms. The fraction of sp³-hybridized carbons (Fsp3) is 0.467. The molecular weight excluding hydrogens is 276 g/mol. The number of likely N-dealkylation sites (N-methyl/N-ethyl adjacent to an activating group) is 1. The van der Waals surface area contributed by atoms with Crippen LogP contribution in [0.1, 0.15) is 37.0 Å². The summed E-state index contributed by atoms with van der Waals surface area (Å²) < 4.78 is 0. The minimum absolute atomic E-state index is 0.0168. The number of halogens is 1. The Hall–Kier alpha value is -1.55. The third-order valence-corrected chi connectivity index (χ3v) is 3.24. The molecule has 4 nitrogen and oxygen atoms in total. The van der Waals surface area contributed by atoms with E-state index in [-0.39, 0.29) is 18.4 Å². The Morgan fingerprint density at radius 1 is 1.30 bits per heavy atom. The molecule has 1 rings (SSSR count). The van der Waals surface area contributed by atoms with E-state index >= 15 is 0 Å².